The molecule has 0 aliphatic carbocycles. The predicted molar refractivity (Wildman–Crippen MR) is 50.5 cm³/mol. The molecule has 65 valence electrons. The van der Waals surface area contributed by atoms with Crippen molar-refractivity contribution in [1.82, 2.24) is 5.16 Å². The molecule has 0 fully saturated rings. The van der Waals surface area contributed by atoms with Gasteiger partial charge in [-0.2, -0.15) is 0 Å². The van der Waals surface area contributed by atoms with Gasteiger partial charge < -0.3 is 4.52 Å². The molecular formula is C10H7ClNO. The van der Waals surface area contributed by atoms with Gasteiger partial charge >= 0.3 is 0 Å². The summed E-state index contributed by atoms with van der Waals surface area (Å²) in [6.07, 6.45) is 4.25. The Labute approximate surface area is 81.1 Å². The number of hydrogen-bond donors (Lipinski definition) is 0. The summed E-state index contributed by atoms with van der Waals surface area (Å²) < 4.78 is 4.70. The fraction of sp³-hybridized carbons (Fsp3) is 0.100. The summed E-state index contributed by atoms with van der Waals surface area (Å²) in [5.41, 5.74) is 2.73. The van der Waals surface area contributed by atoms with Crippen LogP contribution in [0.2, 0.25) is 5.02 Å². The Hall–Kier alpha value is -1.28. The van der Waals surface area contributed by atoms with E-state index in [1.807, 2.05) is 25.1 Å². The zero-order valence-electron chi connectivity index (χ0n) is 7.04. The third kappa shape index (κ3) is 1.45. The largest absolute Gasteiger partial charge is 0.363 e. The van der Waals surface area contributed by atoms with Gasteiger partial charge in [-0.1, -0.05) is 35.0 Å². The highest BCUT2D eigenvalue weighted by atomic mass is 35.5. The highest BCUT2D eigenvalue weighted by Gasteiger charge is 2.06. The number of hydrogen-bond acceptors (Lipinski definition) is 2. The van der Waals surface area contributed by atoms with Crippen molar-refractivity contribution in [2.75, 3.05) is 0 Å². The first-order chi connectivity index (χ1) is 6.29. The standard InChI is InChI=1S/C10H7ClNO/c1-7-3-2-4-9(10(7)11)8-5-12-13-6-8/h2-4,6H,1H3. The van der Waals surface area contributed by atoms with Gasteiger partial charge in [0.2, 0.25) is 0 Å². The Balaban J connectivity index is 2.59. The average Bonchev–Trinajstić information content (AvgIpc) is 2.62. The van der Waals surface area contributed by atoms with E-state index in [0.717, 1.165) is 21.7 Å². The second-order valence-corrected chi connectivity index (χ2v) is 3.15. The van der Waals surface area contributed by atoms with E-state index in [2.05, 4.69) is 11.4 Å². The molecule has 2 aromatic rings. The lowest BCUT2D eigenvalue weighted by molar-refractivity contribution is 0.418. The van der Waals surface area contributed by atoms with Gasteiger partial charge in [0.05, 0.1) is 10.6 Å². The van der Waals surface area contributed by atoms with Crippen LogP contribution in [0.1, 0.15) is 5.56 Å². The zero-order valence-corrected chi connectivity index (χ0v) is 7.80. The van der Waals surface area contributed by atoms with Crippen LogP contribution >= 0.6 is 11.6 Å². The molecule has 0 spiro atoms. The summed E-state index contributed by atoms with van der Waals surface area (Å²) in [4.78, 5) is 0. The second-order valence-electron chi connectivity index (χ2n) is 2.78. The van der Waals surface area contributed by atoms with Crippen LogP contribution in [0.3, 0.4) is 0 Å². The summed E-state index contributed by atoms with van der Waals surface area (Å²) >= 11 is 6.10. The van der Waals surface area contributed by atoms with Gasteiger partial charge in [0.25, 0.3) is 0 Å². The highest BCUT2D eigenvalue weighted by molar-refractivity contribution is 6.34. The van der Waals surface area contributed by atoms with Crippen LogP contribution in [0.5, 0.6) is 0 Å². The maximum Gasteiger partial charge on any atom is 0.144 e. The third-order valence-corrected chi connectivity index (χ3v) is 2.37. The van der Waals surface area contributed by atoms with Crippen LogP contribution in [0.4, 0.5) is 0 Å². The van der Waals surface area contributed by atoms with Gasteiger partial charge in [0.1, 0.15) is 12.5 Å². The maximum atomic E-state index is 6.10. The fourth-order valence-corrected chi connectivity index (χ4v) is 1.39. The molecule has 0 N–H and O–H groups in total. The Morgan fingerprint density at radius 2 is 2.31 bits per heavy atom. The third-order valence-electron chi connectivity index (χ3n) is 1.87. The quantitative estimate of drug-likeness (QED) is 0.694. The lowest BCUT2D eigenvalue weighted by Gasteiger charge is -2.02. The SMILES string of the molecule is Cc1cccc(-c2[c]noc2)c1Cl. The molecule has 0 aliphatic heterocycles. The first-order valence-corrected chi connectivity index (χ1v) is 4.24. The van der Waals surface area contributed by atoms with Crippen molar-refractivity contribution in [2.24, 2.45) is 0 Å². The number of rotatable bonds is 1. The lowest BCUT2D eigenvalue weighted by Crippen LogP contribution is -1.80. The Morgan fingerprint density at radius 3 is 3.00 bits per heavy atom. The van der Waals surface area contributed by atoms with E-state index in [1.54, 1.807) is 0 Å². The van der Waals surface area contributed by atoms with Gasteiger partial charge in [0.15, 0.2) is 0 Å². The van der Waals surface area contributed by atoms with Gasteiger partial charge in [-0.3, -0.25) is 0 Å². The minimum absolute atomic E-state index is 0.724. The highest BCUT2D eigenvalue weighted by Crippen LogP contribution is 2.29. The van der Waals surface area contributed by atoms with Crippen molar-refractivity contribution < 1.29 is 4.52 Å². The van der Waals surface area contributed by atoms with Gasteiger partial charge in [-0.05, 0) is 12.5 Å². The zero-order chi connectivity index (χ0) is 9.26. The first-order valence-electron chi connectivity index (χ1n) is 3.86. The number of nitrogens with zero attached hydrogens (tertiary/aromatic N) is 1. The van der Waals surface area contributed by atoms with Gasteiger partial charge in [0, 0.05) is 5.56 Å². The van der Waals surface area contributed by atoms with E-state index in [0.29, 0.717) is 0 Å². The number of halogens is 1. The molecule has 2 rings (SSSR count). The summed E-state index contributed by atoms with van der Waals surface area (Å²) in [5.74, 6) is 0. The van der Waals surface area contributed by atoms with Crippen molar-refractivity contribution in [1.29, 1.82) is 0 Å². The van der Waals surface area contributed by atoms with Gasteiger partial charge in [-0.25, -0.2) is 0 Å². The Morgan fingerprint density at radius 1 is 1.46 bits per heavy atom. The topological polar surface area (TPSA) is 26.0 Å². The van der Waals surface area contributed by atoms with Crippen LogP contribution in [-0.2, 0) is 0 Å². The summed E-state index contributed by atoms with van der Waals surface area (Å²) in [7, 11) is 0. The molecule has 1 heterocycles. The van der Waals surface area contributed by atoms with E-state index < -0.39 is 0 Å². The number of aromatic nitrogens is 1. The summed E-state index contributed by atoms with van der Waals surface area (Å²) in [5, 5.41) is 4.23. The molecule has 0 saturated heterocycles. The molecule has 1 aromatic carbocycles. The molecule has 13 heavy (non-hydrogen) atoms. The van der Waals surface area contributed by atoms with Crippen LogP contribution in [0, 0.1) is 13.1 Å². The Bertz CT molecular complexity index is 409. The Kier molecular flexibility index (Phi) is 2.07. The molecule has 0 unspecified atom stereocenters. The smallest absolute Gasteiger partial charge is 0.144 e. The summed E-state index contributed by atoms with van der Waals surface area (Å²) in [6, 6.07) is 5.81. The van der Waals surface area contributed by atoms with Crippen LogP contribution in [0.25, 0.3) is 11.1 Å². The monoisotopic (exact) mass is 192 g/mol. The molecule has 0 bridgehead atoms. The molecule has 0 amide bonds. The van der Waals surface area contributed by atoms with E-state index in [-0.39, 0.29) is 0 Å². The normalized spacial score (nSPS) is 10.3. The molecule has 0 atom stereocenters. The van der Waals surface area contributed by atoms with Crippen molar-refractivity contribution in [2.45, 2.75) is 6.92 Å². The van der Waals surface area contributed by atoms with E-state index in [9.17, 15) is 0 Å². The van der Waals surface area contributed by atoms with Crippen molar-refractivity contribution in [3.8, 4) is 11.1 Å². The van der Waals surface area contributed by atoms with Crippen LogP contribution < -0.4 is 0 Å². The first kappa shape index (κ1) is 8.32. The predicted octanol–water partition coefficient (Wildman–Crippen LogP) is 3.10. The van der Waals surface area contributed by atoms with Crippen molar-refractivity contribution in [3.05, 3.63) is 41.2 Å². The molecular weight excluding hydrogens is 186 g/mol. The van der Waals surface area contributed by atoms with E-state index in [1.165, 1.54) is 6.26 Å². The van der Waals surface area contributed by atoms with Crippen molar-refractivity contribution in [3.63, 3.8) is 0 Å². The molecule has 2 nitrogen and oxygen atoms in total. The molecule has 0 aliphatic rings. The molecule has 3 heteroatoms. The van der Waals surface area contributed by atoms with E-state index >= 15 is 0 Å². The summed E-state index contributed by atoms with van der Waals surface area (Å²) in [6.45, 7) is 1.96. The average molecular weight is 193 g/mol. The molecule has 1 aromatic heterocycles. The second kappa shape index (κ2) is 3.23. The lowest BCUT2D eigenvalue weighted by atomic mass is 10.1. The van der Waals surface area contributed by atoms with E-state index in [4.69, 9.17) is 16.1 Å². The van der Waals surface area contributed by atoms with Gasteiger partial charge in [-0.15, -0.1) is 0 Å². The minimum Gasteiger partial charge on any atom is -0.363 e. The van der Waals surface area contributed by atoms with Crippen LogP contribution in [-0.4, -0.2) is 5.16 Å². The minimum atomic E-state index is 0.724. The molecule has 1 radical (unpaired) electrons. The maximum absolute atomic E-state index is 6.10. The molecule has 0 saturated carbocycles. The number of benzene rings is 1. The fourth-order valence-electron chi connectivity index (χ4n) is 1.16. The van der Waals surface area contributed by atoms with Crippen molar-refractivity contribution >= 4 is 11.6 Å². The van der Waals surface area contributed by atoms with Crippen LogP contribution in [0.15, 0.2) is 29.0 Å². The number of aryl methyl sites for hydroxylation is 1.